The first-order valence-electron chi connectivity index (χ1n) is 9.31. The minimum absolute atomic E-state index is 0.0852. The van der Waals surface area contributed by atoms with Crippen molar-refractivity contribution in [1.29, 1.82) is 0 Å². The van der Waals surface area contributed by atoms with Crippen molar-refractivity contribution >= 4 is 28.2 Å². The average Bonchev–Trinajstić information content (AvgIpc) is 3.38. The zero-order valence-corrected chi connectivity index (χ0v) is 17.2. The van der Waals surface area contributed by atoms with E-state index in [1.165, 1.54) is 17.1 Å². The van der Waals surface area contributed by atoms with Gasteiger partial charge in [-0.05, 0) is 36.2 Å². The number of hydrazine groups is 1. The molecule has 0 bridgehead atoms. The maximum atomic E-state index is 13.2. The first kappa shape index (κ1) is 18.9. The Morgan fingerprint density at radius 2 is 2.07 bits per heavy atom. The predicted molar refractivity (Wildman–Crippen MR) is 109 cm³/mol. The quantitative estimate of drug-likeness (QED) is 0.629. The molecule has 3 heterocycles. The molecule has 2 aliphatic heterocycles. The highest BCUT2D eigenvalue weighted by atomic mass is 79.9. The molecule has 1 N–H and O–H groups in total. The summed E-state index contributed by atoms with van der Waals surface area (Å²) in [7, 11) is 0. The van der Waals surface area contributed by atoms with E-state index in [-0.39, 0.29) is 24.3 Å². The summed E-state index contributed by atoms with van der Waals surface area (Å²) >= 11 is 3.42. The Labute approximate surface area is 179 Å². The highest BCUT2D eigenvalue weighted by Crippen LogP contribution is 2.30. The number of nitrogens with one attached hydrogen (secondary N) is 1. The van der Waals surface area contributed by atoms with Gasteiger partial charge in [-0.3, -0.25) is 9.80 Å². The number of hydrogen-bond acceptors (Lipinski definition) is 7. The maximum Gasteiger partial charge on any atom is 0.267 e. The number of hydrazone groups is 1. The molecule has 8 nitrogen and oxygen atoms in total. The van der Waals surface area contributed by atoms with E-state index in [0.29, 0.717) is 18.1 Å². The van der Waals surface area contributed by atoms with Crippen LogP contribution in [0.25, 0.3) is 11.4 Å². The van der Waals surface area contributed by atoms with Crippen LogP contribution in [0.5, 0.6) is 0 Å². The Balaban J connectivity index is 1.28. The van der Waals surface area contributed by atoms with Gasteiger partial charge in [0, 0.05) is 10.0 Å². The number of halogens is 2. The van der Waals surface area contributed by atoms with Gasteiger partial charge in [-0.25, -0.2) is 14.8 Å². The van der Waals surface area contributed by atoms with E-state index in [1.54, 1.807) is 23.5 Å². The van der Waals surface area contributed by atoms with Crippen LogP contribution in [0.4, 0.5) is 4.39 Å². The van der Waals surface area contributed by atoms with Gasteiger partial charge < -0.3 is 4.52 Å². The van der Waals surface area contributed by atoms with E-state index < -0.39 is 6.04 Å². The topological polar surface area (TPSA) is 86.9 Å². The van der Waals surface area contributed by atoms with Gasteiger partial charge >= 0.3 is 0 Å². The summed E-state index contributed by atoms with van der Waals surface area (Å²) in [5, 5.41) is 11.2. The number of aromatic nitrogens is 2. The lowest BCUT2D eigenvalue weighted by Crippen LogP contribution is -2.50. The molecule has 1 saturated heterocycles. The van der Waals surface area contributed by atoms with Gasteiger partial charge in [-0.15, -0.1) is 0 Å². The third kappa shape index (κ3) is 3.59. The maximum absolute atomic E-state index is 13.2. The normalized spacial score (nSPS) is 20.7. The lowest BCUT2D eigenvalue weighted by atomic mass is 10.0. The predicted octanol–water partition coefficient (Wildman–Crippen LogP) is 3.24. The molecule has 152 valence electrons. The minimum Gasteiger partial charge on any atom is -0.337 e. The lowest BCUT2D eigenvalue weighted by molar-refractivity contribution is -0.137. The fraction of sp³-hybridized carbons (Fsp3) is 0.200. The molecule has 0 radical (unpaired) electrons. The molecule has 10 heteroatoms. The number of carbonyl (C=O) groups excluding carboxylic acids is 1. The summed E-state index contributed by atoms with van der Waals surface area (Å²) in [5.41, 5.74) is 4.95. The summed E-state index contributed by atoms with van der Waals surface area (Å²) < 4.78 is 19.4. The monoisotopic (exact) mass is 470 g/mol. The number of benzene rings is 2. The molecule has 1 aromatic heterocycles. The van der Waals surface area contributed by atoms with Crippen molar-refractivity contribution < 1.29 is 13.7 Å². The van der Waals surface area contributed by atoms with Crippen molar-refractivity contribution in [3.8, 4) is 11.4 Å². The summed E-state index contributed by atoms with van der Waals surface area (Å²) in [6.07, 6.45) is 2.11. The third-order valence-electron chi connectivity index (χ3n) is 5.06. The Morgan fingerprint density at radius 3 is 2.87 bits per heavy atom. The van der Waals surface area contributed by atoms with Crippen molar-refractivity contribution in [3.63, 3.8) is 0 Å². The van der Waals surface area contributed by atoms with E-state index in [9.17, 15) is 9.18 Å². The van der Waals surface area contributed by atoms with Crippen LogP contribution in [0.1, 0.15) is 23.9 Å². The highest BCUT2D eigenvalue weighted by Gasteiger charge is 2.41. The van der Waals surface area contributed by atoms with Crippen molar-refractivity contribution in [3.05, 3.63) is 70.3 Å². The molecule has 3 aromatic rings. The Bertz CT molecular complexity index is 1120. The number of hydrogen-bond donors (Lipinski definition) is 1. The fourth-order valence-electron chi connectivity index (χ4n) is 3.56. The molecule has 0 aliphatic carbocycles. The molecule has 1 amide bonds. The first-order chi connectivity index (χ1) is 14.6. The van der Waals surface area contributed by atoms with E-state index in [1.807, 2.05) is 24.3 Å². The van der Waals surface area contributed by atoms with E-state index in [2.05, 4.69) is 36.6 Å². The van der Waals surface area contributed by atoms with Gasteiger partial charge in [0.2, 0.25) is 11.7 Å². The van der Waals surface area contributed by atoms with Crippen molar-refractivity contribution in [1.82, 2.24) is 25.6 Å². The Kier molecular flexibility index (Phi) is 4.80. The van der Waals surface area contributed by atoms with Crippen molar-refractivity contribution in [2.24, 2.45) is 5.10 Å². The third-order valence-corrected chi connectivity index (χ3v) is 5.56. The Hall–Kier alpha value is -3.11. The SMILES string of the molecule is O=C1C2CC(c3ccc(F)cc3)NN2C=NN1Cc1nc(-c2cccc(Br)c2)no1. The van der Waals surface area contributed by atoms with Crippen molar-refractivity contribution in [2.75, 3.05) is 0 Å². The van der Waals surface area contributed by atoms with Gasteiger partial charge in [0.05, 0.1) is 6.04 Å². The van der Waals surface area contributed by atoms with Crippen molar-refractivity contribution in [2.45, 2.75) is 25.0 Å². The number of carbonyl (C=O) groups is 1. The standard InChI is InChI=1S/C20H16BrFN6O2/c21-14-3-1-2-13(8-14)19-24-18(30-26-19)10-27-20(29)17-9-16(25-28(17)11-23-27)12-4-6-15(22)7-5-12/h1-8,11,16-17,25H,9-10H2. The van der Waals surface area contributed by atoms with E-state index in [4.69, 9.17) is 4.52 Å². The highest BCUT2D eigenvalue weighted by molar-refractivity contribution is 9.10. The van der Waals surface area contributed by atoms with Crippen LogP contribution in [0.15, 0.2) is 62.6 Å². The largest absolute Gasteiger partial charge is 0.337 e. The second-order valence-electron chi connectivity index (χ2n) is 7.04. The molecule has 2 atom stereocenters. The van der Waals surface area contributed by atoms with Crippen LogP contribution in [0.2, 0.25) is 0 Å². The second-order valence-corrected chi connectivity index (χ2v) is 7.96. The number of fused-ring (bicyclic) bond motifs is 1. The van der Waals surface area contributed by atoms with Crippen LogP contribution >= 0.6 is 15.9 Å². The van der Waals surface area contributed by atoms with Crippen LogP contribution in [-0.2, 0) is 11.3 Å². The molecule has 0 saturated carbocycles. The van der Waals surface area contributed by atoms with Gasteiger partial charge in [0.25, 0.3) is 5.91 Å². The molecule has 2 unspecified atom stereocenters. The number of nitrogens with zero attached hydrogens (tertiary/aromatic N) is 5. The molecule has 2 aliphatic rings. The van der Waals surface area contributed by atoms with Gasteiger partial charge in [0.1, 0.15) is 24.7 Å². The van der Waals surface area contributed by atoms with Crippen LogP contribution < -0.4 is 5.43 Å². The van der Waals surface area contributed by atoms with Gasteiger partial charge in [-0.2, -0.15) is 10.1 Å². The molecule has 0 spiro atoms. The number of rotatable bonds is 4. The number of amides is 1. The lowest BCUT2D eigenvalue weighted by Gasteiger charge is -2.29. The van der Waals surface area contributed by atoms with Crippen LogP contribution in [0, 0.1) is 5.82 Å². The van der Waals surface area contributed by atoms with Gasteiger partial charge in [0.15, 0.2) is 0 Å². The average molecular weight is 471 g/mol. The second kappa shape index (κ2) is 7.62. The molecule has 2 aromatic carbocycles. The van der Waals surface area contributed by atoms with Crippen LogP contribution in [0.3, 0.4) is 0 Å². The molecule has 5 rings (SSSR count). The summed E-state index contributed by atoms with van der Waals surface area (Å²) in [4.78, 5) is 17.3. The molecule has 1 fully saturated rings. The van der Waals surface area contributed by atoms with Gasteiger partial charge in [-0.1, -0.05) is 45.4 Å². The molecular formula is C20H16BrFN6O2. The minimum atomic E-state index is -0.412. The smallest absolute Gasteiger partial charge is 0.267 e. The summed E-state index contributed by atoms with van der Waals surface area (Å²) in [5.74, 6) is 0.280. The summed E-state index contributed by atoms with van der Waals surface area (Å²) in [6, 6.07) is 13.3. The molecular weight excluding hydrogens is 455 g/mol. The Morgan fingerprint density at radius 1 is 1.23 bits per heavy atom. The molecule has 30 heavy (non-hydrogen) atoms. The first-order valence-corrected chi connectivity index (χ1v) is 10.1. The van der Waals surface area contributed by atoms with E-state index >= 15 is 0 Å². The summed E-state index contributed by atoms with van der Waals surface area (Å²) in [6.45, 7) is 0.0852. The van der Waals surface area contributed by atoms with Crippen LogP contribution in [-0.4, -0.2) is 38.4 Å². The zero-order chi connectivity index (χ0) is 20.7. The zero-order valence-electron chi connectivity index (χ0n) is 15.6. The van der Waals surface area contributed by atoms with E-state index in [0.717, 1.165) is 15.6 Å². The fourth-order valence-corrected chi connectivity index (χ4v) is 3.96.